The monoisotopic (exact) mass is 235 g/mol. The summed E-state index contributed by atoms with van der Waals surface area (Å²) in [5.74, 6) is -2.64. The number of benzene rings is 1. The minimum absolute atomic E-state index is 0.174. The highest BCUT2D eigenvalue weighted by atomic mass is 32.2. The van der Waals surface area contributed by atoms with Crippen LogP contribution in [0.15, 0.2) is 30.3 Å². The maximum atomic E-state index is 12.2. The Morgan fingerprint density at radius 1 is 1.27 bits per heavy atom. The Bertz CT molecular complexity index is 403. The first-order valence-corrected chi connectivity index (χ1v) is 5.54. The zero-order valence-electron chi connectivity index (χ0n) is 7.85. The van der Waals surface area contributed by atoms with Gasteiger partial charge in [-0.05, 0) is 5.56 Å². The summed E-state index contributed by atoms with van der Waals surface area (Å²) in [5.41, 5.74) is -1.48. The van der Waals surface area contributed by atoms with Gasteiger partial charge in [0, 0.05) is 7.11 Å². The van der Waals surface area contributed by atoms with Crippen LogP contribution in [0, 0.1) is 5.76 Å². The van der Waals surface area contributed by atoms with Gasteiger partial charge in [0.05, 0.1) is 0 Å². The lowest BCUT2D eigenvalue weighted by Crippen LogP contribution is -2.17. The third-order valence-electron chi connectivity index (χ3n) is 1.78. The Labute approximate surface area is 86.6 Å². The quantitative estimate of drug-likeness (QED) is 0.803. The van der Waals surface area contributed by atoms with Gasteiger partial charge in [0.15, 0.2) is 5.44 Å². The van der Waals surface area contributed by atoms with Gasteiger partial charge in [-0.1, -0.05) is 30.3 Å². The molecule has 1 unspecified atom stereocenters. The van der Waals surface area contributed by atoms with Gasteiger partial charge in [0.25, 0.3) is 9.84 Å². The molecule has 0 aliphatic carbocycles. The average molecular weight is 235 g/mol. The van der Waals surface area contributed by atoms with E-state index in [1.807, 2.05) is 0 Å². The van der Waals surface area contributed by atoms with Crippen LogP contribution >= 0.6 is 0 Å². The third kappa shape index (κ3) is 2.51. The molecule has 1 radical (unpaired) electrons. The van der Waals surface area contributed by atoms with Crippen molar-refractivity contribution < 1.29 is 21.9 Å². The first-order chi connectivity index (χ1) is 7.00. The standard InChI is InChI=1S/C9H9F2O3S/c1-14-8(15(12,13)9(10)11)7-5-3-2-4-6-7/h2-6,8H,1H3. The molecule has 1 aromatic carbocycles. The second-order valence-electron chi connectivity index (χ2n) is 2.75. The van der Waals surface area contributed by atoms with Crippen LogP contribution in [-0.4, -0.2) is 15.5 Å². The molecule has 83 valence electrons. The number of ether oxygens (including phenoxy) is 1. The number of sulfone groups is 1. The van der Waals surface area contributed by atoms with Crippen molar-refractivity contribution in [3.8, 4) is 0 Å². The Hall–Kier alpha value is -1.01. The largest absolute Gasteiger partial charge is 0.424 e. The van der Waals surface area contributed by atoms with Gasteiger partial charge in [-0.3, -0.25) is 0 Å². The smallest absolute Gasteiger partial charge is 0.361 e. The molecule has 0 aliphatic heterocycles. The van der Waals surface area contributed by atoms with Crippen molar-refractivity contribution in [1.29, 1.82) is 0 Å². The number of hydrogen-bond acceptors (Lipinski definition) is 3. The fourth-order valence-electron chi connectivity index (χ4n) is 1.13. The van der Waals surface area contributed by atoms with Crippen LogP contribution in [0.5, 0.6) is 0 Å². The summed E-state index contributed by atoms with van der Waals surface area (Å²) >= 11 is 0. The van der Waals surface area contributed by atoms with Gasteiger partial charge in [-0.25, -0.2) is 8.42 Å². The zero-order chi connectivity index (χ0) is 11.5. The molecular weight excluding hydrogens is 226 g/mol. The molecule has 0 spiro atoms. The highest BCUT2D eigenvalue weighted by molar-refractivity contribution is 7.93. The highest BCUT2D eigenvalue weighted by Gasteiger charge is 2.37. The summed E-state index contributed by atoms with van der Waals surface area (Å²) in [6.45, 7) is 0. The lowest BCUT2D eigenvalue weighted by atomic mass is 10.2. The normalized spacial score (nSPS) is 14.1. The van der Waals surface area contributed by atoms with E-state index >= 15 is 0 Å². The first kappa shape index (κ1) is 12.1. The molecule has 0 saturated heterocycles. The molecule has 1 rings (SSSR count). The minimum atomic E-state index is -4.68. The number of hydrogen-bond donors (Lipinski definition) is 0. The van der Waals surface area contributed by atoms with Crippen LogP contribution in [0.3, 0.4) is 0 Å². The van der Waals surface area contributed by atoms with E-state index in [0.717, 1.165) is 7.11 Å². The van der Waals surface area contributed by atoms with E-state index in [0.29, 0.717) is 0 Å². The lowest BCUT2D eigenvalue weighted by Gasteiger charge is -2.14. The average Bonchev–Trinajstić information content (AvgIpc) is 2.19. The molecule has 1 aromatic rings. The lowest BCUT2D eigenvalue weighted by molar-refractivity contribution is 0.161. The van der Waals surface area contributed by atoms with E-state index in [-0.39, 0.29) is 5.56 Å². The Kier molecular flexibility index (Phi) is 3.76. The van der Waals surface area contributed by atoms with E-state index in [4.69, 9.17) is 0 Å². The van der Waals surface area contributed by atoms with Crippen LogP contribution < -0.4 is 0 Å². The molecular formula is C9H9F2O3S. The maximum Gasteiger partial charge on any atom is 0.424 e. The molecule has 0 bridgehead atoms. The van der Waals surface area contributed by atoms with Gasteiger partial charge in [-0.2, -0.15) is 8.78 Å². The van der Waals surface area contributed by atoms with Crippen molar-refractivity contribution in [3.05, 3.63) is 41.7 Å². The molecule has 0 aromatic heterocycles. The van der Waals surface area contributed by atoms with Crippen molar-refractivity contribution in [2.75, 3.05) is 7.11 Å². The van der Waals surface area contributed by atoms with Gasteiger partial charge in [0.2, 0.25) is 0 Å². The Balaban J connectivity index is 3.11. The predicted molar refractivity (Wildman–Crippen MR) is 50.6 cm³/mol. The zero-order valence-corrected chi connectivity index (χ0v) is 8.67. The fraction of sp³-hybridized carbons (Fsp3) is 0.222. The second-order valence-corrected chi connectivity index (χ2v) is 4.58. The Morgan fingerprint density at radius 2 is 1.80 bits per heavy atom. The SMILES string of the molecule is COC(c1ccccc1)S(=O)(=O)[C](F)F. The van der Waals surface area contributed by atoms with Gasteiger partial charge >= 0.3 is 5.76 Å². The predicted octanol–water partition coefficient (Wildman–Crippen LogP) is 2.13. The molecule has 0 saturated carbocycles. The van der Waals surface area contributed by atoms with Crippen molar-refractivity contribution in [1.82, 2.24) is 0 Å². The van der Waals surface area contributed by atoms with Crippen molar-refractivity contribution in [3.63, 3.8) is 0 Å². The molecule has 0 N–H and O–H groups in total. The summed E-state index contributed by atoms with van der Waals surface area (Å²) < 4.78 is 51.2. The maximum absolute atomic E-state index is 12.2. The number of rotatable bonds is 4. The van der Waals surface area contributed by atoms with Crippen LogP contribution in [0.25, 0.3) is 0 Å². The summed E-state index contributed by atoms with van der Waals surface area (Å²) in [6, 6.07) is 7.57. The van der Waals surface area contributed by atoms with Crippen molar-refractivity contribution >= 4 is 9.84 Å². The number of methoxy groups -OCH3 is 1. The van der Waals surface area contributed by atoms with E-state index in [1.54, 1.807) is 18.2 Å². The van der Waals surface area contributed by atoms with Crippen molar-refractivity contribution in [2.24, 2.45) is 0 Å². The third-order valence-corrected chi connectivity index (χ3v) is 3.24. The van der Waals surface area contributed by atoms with Gasteiger partial charge in [-0.15, -0.1) is 0 Å². The molecule has 15 heavy (non-hydrogen) atoms. The van der Waals surface area contributed by atoms with E-state index < -0.39 is 21.0 Å². The highest BCUT2D eigenvalue weighted by Crippen LogP contribution is 2.31. The number of halogens is 2. The molecule has 3 nitrogen and oxygen atoms in total. The summed E-state index contributed by atoms with van der Waals surface area (Å²) in [6.07, 6.45) is 0. The molecule has 0 fully saturated rings. The molecule has 0 amide bonds. The molecule has 0 heterocycles. The summed E-state index contributed by atoms with van der Waals surface area (Å²) in [7, 11) is -3.61. The molecule has 0 aliphatic rings. The minimum Gasteiger partial charge on any atom is -0.361 e. The van der Waals surface area contributed by atoms with E-state index in [2.05, 4.69) is 4.74 Å². The van der Waals surface area contributed by atoms with Gasteiger partial charge < -0.3 is 4.74 Å². The Morgan fingerprint density at radius 3 is 2.20 bits per heavy atom. The van der Waals surface area contributed by atoms with E-state index in [9.17, 15) is 17.2 Å². The summed E-state index contributed by atoms with van der Waals surface area (Å²) in [5, 5.41) is 0. The summed E-state index contributed by atoms with van der Waals surface area (Å²) in [4.78, 5) is 0. The van der Waals surface area contributed by atoms with E-state index in [1.165, 1.54) is 12.1 Å². The molecule has 6 heteroatoms. The second kappa shape index (κ2) is 4.67. The van der Waals surface area contributed by atoms with Crippen LogP contribution in [0.2, 0.25) is 0 Å². The van der Waals surface area contributed by atoms with Crippen LogP contribution in [0.4, 0.5) is 8.78 Å². The molecule has 1 atom stereocenters. The van der Waals surface area contributed by atoms with Crippen LogP contribution in [-0.2, 0) is 14.6 Å². The topological polar surface area (TPSA) is 43.4 Å². The van der Waals surface area contributed by atoms with Gasteiger partial charge in [0.1, 0.15) is 0 Å². The van der Waals surface area contributed by atoms with Crippen LogP contribution in [0.1, 0.15) is 11.0 Å². The fourth-order valence-corrected chi connectivity index (χ4v) is 2.06. The first-order valence-electron chi connectivity index (χ1n) is 3.99. The van der Waals surface area contributed by atoms with Crippen molar-refractivity contribution in [2.45, 2.75) is 5.44 Å².